The second kappa shape index (κ2) is 8.48. The lowest BCUT2D eigenvalue weighted by molar-refractivity contribution is 0.309. The van der Waals surface area contributed by atoms with Crippen LogP contribution in [0.4, 0.5) is 4.39 Å². The largest absolute Gasteiger partial charge is 0.486 e. The average molecular weight is 397 g/mol. The Bertz CT molecular complexity index is 935. The quantitative estimate of drug-likeness (QED) is 0.580. The van der Waals surface area contributed by atoms with Gasteiger partial charge in [-0.1, -0.05) is 17.4 Å². The van der Waals surface area contributed by atoms with E-state index in [1.54, 1.807) is 12.1 Å². The van der Waals surface area contributed by atoms with Crippen molar-refractivity contribution in [3.63, 3.8) is 0 Å². The van der Waals surface area contributed by atoms with Gasteiger partial charge in [0, 0.05) is 24.2 Å². The number of piperidine rings is 1. The van der Waals surface area contributed by atoms with Gasteiger partial charge in [-0.25, -0.2) is 4.39 Å². The Hall–Kier alpha value is -2.80. The fraction of sp³-hybridized carbons (Fsp3) is 0.286. The molecule has 2 heterocycles. The molecule has 0 aliphatic carbocycles. The lowest BCUT2D eigenvalue weighted by Gasteiger charge is -2.28. The van der Waals surface area contributed by atoms with Crippen LogP contribution in [0.3, 0.4) is 0 Å². The number of hydrogen-bond acceptors (Lipinski definition) is 5. The number of nitrogens with zero attached hydrogens (tertiary/aromatic N) is 3. The second-order valence-electron chi connectivity index (χ2n) is 6.68. The number of likely N-dealkylation sites (tertiary alicyclic amines) is 1. The van der Waals surface area contributed by atoms with Gasteiger partial charge >= 0.3 is 0 Å². The van der Waals surface area contributed by atoms with Crippen LogP contribution in [0, 0.1) is 5.82 Å². The first kappa shape index (κ1) is 18.6. The number of halogens is 1. The average Bonchev–Trinajstić information content (AvgIpc) is 3.24. The fourth-order valence-electron chi connectivity index (χ4n) is 3.13. The van der Waals surface area contributed by atoms with Gasteiger partial charge in [0.2, 0.25) is 5.82 Å². The molecule has 0 spiro atoms. The van der Waals surface area contributed by atoms with Crippen molar-refractivity contribution in [1.29, 1.82) is 0 Å². The molecule has 1 aromatic heterocycles. The summed E-state index contributed by atoms with van der Waals surface area (Å²) in [5.41, 5.74) is 1.48. The van der Waals surface area contributed by atoms with Crippen LogP contribution in [0.5, 0.6) is 5.75 Å². The molecule has 3 aromatic rings. The highest BCUT2D eigenvalue weighted by Crippen LogP contribution is 2.24. The Kier molecular flexibility index (Phi) is 5.62. The van der Waals surface area contributed by atoms with Crippen LogP contribution in [-0.2, 0) is 0 Å². The predicted molar refractivity (Wildman–Crippen MR) is 109 cm³/mol. The van der Waals surface area contributed by atoms with Crippen LogP contribution < -0.4 is 4.74 Å². The van der Waals surface area contributed by atoms with Crippen LogP contribution in [-0.4, -0.2) is 39.7 Å². The third-order valence-electron chi connectivity index (χ3n) is 4.70. The summed E-state index contributed by atoms with van der Waals surface area (Å²) in [4.78, 5) is 7.45. The predicted octanol–water partition coefficient (Wildman–Crippen LogP) is 4.73. The summed E-state index contributed by atoms with van der Waals surface area (Å²) in [5.74, 6) is 1.25. The minimum absolute atomic E-state index is 0.303. The smallest absolute Gasteiger partial charge is 0.258 e. The summed E-state index contributed by atoms with van der Waals surface area (Å²) >= 11 is 5.48. The molecule has 1 aliphatic heterocycles. The molecule has 0 amide bonds. The maximum Gasteiger partial charge on any atom is 0.258 e. The van der Waals surface area contributed by atoms with Gasteiger partial charge in [0.05, 0.1) is 0 Å². The molecule has 0 bridgehead atoms. The van der Waals surface area contributed by atoms with E-state index in [4.69, 9.17) is 21.5 Å². The molecule has 4 rings (SSSR count). The van der Waals surface area contributed by atoms with E-state index in [0.717, 1.165) is 29.4 Å². The number of hydrogen-bond donors (Lipinski definition) is 0. The van der Waals surface area contributed by atoms with Gasteiger partial charge in [-0.05, 0) is 67.8 Å². The van der Waals surface area contributed by atoms with Crippen LogP contribution in [0.15, 0.2) is 53.1 Å². The van der Waals surface area contributed by atoms with Crippen molar-refractivity contribution in [2.75, 3.05) is 19.7 Å². The van der Waals surface area contributed by atoms with Crippen LogP contribution in [0.25, 0.3) is 22.8 Å². The minimum Gasteiger partial charge on any atom is -0.486 e. The number of thiocarbonyl (C=S) groups is 1. The highest BCUT2D eigenvalue weighted by atomic mass is 32.1. The van der Waals surface area contributed by atoms with Gasteiger partial charge in [-0.3, -0.25) is 0 Å². The third-order valence-corrected chi connectivity index (χ3v) is 5.08. The topological polar surface area (TPSA) is 51.4 Å². The molecule has 2 aromatic carbocycles. The first-order valence-corrected chi connectivity index (χ1v) is 9.70. The first-order chi connectivity index (χ1) is 13.7. The molecule has 28 heavy (non-hydrogen) atoms. The van der Waals surface area contributed by atoms with E-state index in [-0.39, 0.29) is 5.82 Å². The van der Waals surface area contributed by atoms with E-state index in [9.17, 15) is 4.39 Å². The molecule has 0 unspecified atom stereocenters. The Morgan fingerprint density at radius 2 is 1.68 bits per heavy atom. The highest BCUT2D eigenvalue weighted by Gasteiger charge is 2.14. The zero-order valence-corrected chi connectivity index (χ0v) is 16.1. The second-order valence-corrected chi connectivity index (χ2v) is 7.16. The number of aromatic nitrogens is 2. The SMILES string of the molecule is Fc1ccc(-c2noc(-c3ccc(OCC(=S)N4CCCCC4)cc3)n2)cc1. The number of benzene rings is 2. The normalized spacial score (nSPS) is 14.1. The highest BCUT2D eigenvalue weighted by molar-refractivity contribution is 7.80. The van der Waals surface area contributed by atoms with Crippen LogP contribution in [0.1, 0.15) is 19.3 Å². The van der Waals surface area contributed by atoms with Crippen molar-refractivity contribution < 1.29 is 13.7 Å². The van der Waals surface area contributed by atoms with E-state index in [2.05, 4.69) is 15.0 Å². The van der Waals surface area contributed by atoms with Gasteiger partial charge in [0.25, 0.3) is 5.89 Å². The molecule has 0 atom stereocenters. The fourth-order valence-corrected chi connectivity index (χ4v) is 3.37. The summed E-state index contributed by atoms with van der Waals surface area (Å²) in [6.07, 6.45) is 3.66. The molecule has 5 nitrogen and oxygen atoms in total. The maximum absolute atomic E-state index is 13.0. The summed E-state index contributed by atoms with van der Waals surface area (Å²) in [6.45, 7) is 2.45. The molecule has 7 heteroatoms. The van der Waals surface area contributed by atoms with E-state index in [1.165, 1.54) is 31.4 Å². The van der Waals surface area contributed by atoms with Crippen molar-refractivity contribution in [3.8, 4) is 28.6 Å². The molecule has 0 saturated carbocycles. The van der Waals surface area contributed by atoms with Crippen molar-refractivity contribution in [2.45, 2.75) is 19.3 Å². The summed E-state index contributed by atoms with van der Waals surface area (Å²) in [6, 6.07) is 13.4. The Morgan fingerprint density at radius 3 is 2.39 bits per heavy atom. The van der Waals surface area contributed by atoms with Gasteiger partial charge in [0.15, 0.2) is 0 Å². The van der Waals surface area contributed by atoms with Crippen molar-refractivity contribution in [2.24, 2.45) is 0 Å². The molecular weight excluding hydrogens is 377 g/mol. The molecule has 1 saturated heterocycles. The number of rotatable bonds is 5. The van der Waals surface area contributed by atoms with Crippen molar-refractivity contribution >= 4 is 17.2 Å². The lowest BCUT2D eigenvalue weighted by Crippen LogP contribution is -2.37. The van der Waals surface area contributed by atoms with Gasteiger partial charge in [0.1, 0.15) is 23.2 Å². The Labute approximate surface area is 168 Å². The van der Waals surface area contributed by atoms with Gasteiger partial charge < -0.3 is 14.2 Å². The van der Waals surface area contributed by atoms with E-state index in [1.807, 2.05) is 24.3 Å². The summed E-state index contributed by atoms with van der Waals surface area (Å²) in [5, 5.41) is 3.96. The Balaban J connectivity index is 1.38. The zero-order chi connectivity index (χ0) is 19.3. The van der Waals surface area contributed by atoms with Crippen LogP contribution in [0.2, 0.25) is 0 Å². The van der Waals surface area contributed by atoms with Gasteiger partial charge in [-0.15, -0.1) is 0 Å². The van der Waals surface area contributed by atoms with E-state index >= 15 is 0 Å². The maximum atomic E-state index is 13.0. The molecule has 0 radical (unpaired) electrons. The van der Waals surface area contributed by atoms with Crippen molar-refractivity contribution in [3.05, 3.63) is 54.3 Å². The minimum atomic E-state index is -0.303. The Morgan fingerprint density at radius 1 is 1.00 bits per heavy atom. The molecule has 144 valence electrons. The number of ether oxygens (including phenoxy) is 1. The van der Waals surface area contributed by atoms with Gasteiger partial charge in [-0.2, -0.15) is 4.98 Å². The first-order valence-electron chi connectivity index (χ1n) is 9.30. The molecule has 0 N–H and O–H groups in total. The zero-order valence-electron chi connectivity index (χ0n) is 15.3. The van der Waals surface area contributed by atoms with Crippen molar-refractivity contribution in [1.82, 2.24) is 15.0 Å². The summed E-state index contributed by atoms with van der Waals surface area (Å²) in [7, 11) is 0. The lowest BCUT2D eigenvalue weighted by atomic mass is 10.1. The van der Waals surface area contributed by atoms with Crippen LogP contribution >= 0.6 is 12.2 Å². The molecule has 1 fully saturated rings. The summed E-state index contributed by atoms with van der Waals surface area (Å²) < 4.78 is 24.2. The standard InChI is InChI=1S/C21H20FN3O2S/c22-17-8-4-15(5-9-17)20-23-21(27-24-20)16-6-10-18(11-7-16)26-14-19(28)25-12-2-1-3-13-25/h4-11H,1-3,12-14H2. The third kappa shape index (κ3) is 4.36. The monoisotopic (exact) mass is 397 g/mol. The van der Waals surface area contributed by atoms with E-state index < -0.39 is 0 Å². The molecule has 1 aliphatic rings. The van der Waals surface area contributed by atoms with E-state index in [0.29, 0.717) is 23.9 Å². The molecular formula is C21H20FN3O2S.